The Morgan fingerprint density at radius 3 is 2.58 bits per heavy atom. The smallest absolute Gasteiger partial charge is 0.276 e. The van der Waals surface area contributed by atoms with Crippen LogP contribution in [-0.4, -0.2) is 50.5 Å². The highest BCUT2D eigenvalue weighted by atomic mass is 35.5. The first-order valence-electron chi connectivity index (χ1n) is 11.6. The molecular formula is C24H30ClN5O3. The lowest BCUT2D eigenvalue weighted by atomic mass is 9.94. The number of rotatable bonds is 7. The Kier molecular flexibility index (Phi) is 6.74. The normalized spacial score (nSPS) is 20.6. The molecule has 4 rings (SSSR count). The molecule has 1 aliphatic heterocycles. The van der Waals surface area contributed by atoms with E-state index < -0.39 is 11.4 Å². The maximum Gasteiger partial charge on any atom is 0.276 e. The predicted molar refractivity (Wildman–Crippen MR) is 126 cm³/mol. The Morgan fingerprint density at radius 1 is 1.21 bits per heavy atom. The molecule has 3 amide bonds. The van der Waals surface area contributed by atoms with Gasteiger partial charge in [0.15, 0.2) is 5.69 Å². The topological polar surface area (TPSA) is 96.3 Å². The van der Waals surface area contributed by atoms with Crippen molar-refractivity contribution in [2.75, 3.05) is 11.9 Å². The number of unbranched alkanes of at least 4 members (excludes halogenated alkanes) is 1. The molecule has 0 bridgehead atoms. The fraction of sp³-hybridized carbons (Fsp3) is 0.500. The van der Waals surface area contributed by atoms with Gasteiger partial charge in [-0.2, -0.15) is 5.10 Å². The van der Waals surface area contributed by atoms with Crippen molar-refractivity contribution in [3.63, 3.8) is 0 Å². The number of carbonyl (C=O) groups is 3. The average Bonchev–Trinajstić information content (AvgIpc) is 3.45. The van der Waals surface area contributed by atoms with Gasteiger partial charge in [0.2, 0.25) is 5.91 Å². The fourth-order valence-corrected chi connectivity index (χ4v) is 4.68. The van der Waals surface area contributed by atoms with E-state index >= 15 is 0 Å². The van der Waals surface area contributed by atoms with E-state index in [-0.39, 0.29) is 30.1 Å². The molecule has 8 nitrogen and oxygen atoms in total. The quantitative estimate of drug-likeness (QED) is 0.640. The molecule has 0 spiro atoms. The third-order valence-corrected chi connectivity index (χ3v) is 6.80. The number of hydrogen-bond acceptors (Lipinski definition) is 4. The van der Waals surface area contributed by atoms with Gasteiger partial charge in [0.1, 0.15) is 11.2 Å². The summed E-state index contributed by atoms with van der Waals surface area (Å²) in [6, 6.07) is 8.40. The summed E-state index contributed by atoms with van der Waals surface area (Å²) in [5.41, 5.74) is -0.0487. The summed E-state index contributed by atoms with van der Waals surface area (Å²) in [6.07, 6.45) is 5.83. The van der Waals surface area contributed by atoms with Crippen LogP contribution in [0.1, 0.15) is 73.3 Å². The van der Waals surface area contributed by atoms with Crippen molar-refractivity contribution in [1.82, 2.24) is 20.0 Å². The van der Waals surface area contributed by atoms with Crippen LogP contribution < -0.4 is 10.6 Å². The Balaban J connectivity index is 1.59. The van der Waals surface area contributed by atoms with Crippen LogP contribution in [0.25, 0.3) is 0 Å². The zero-order chi connectivity index (χ0) is 23.6. The molecule has 176 valence electrons. The number of carbonyl (C=O) groups excluding carboxylic acids is 3. The number of aromatic nitrogens is 2. The van der Waals surface area contributed by atoms with Crippen molar-refractivity contribution in [3.8, 4) is 0 Å². The summed E-state index contributed by atoms with van der Waals surface area (Å²) in [5, 5.41) is 10.9. The summed E-state index contributed by atoms with van der Waals surface area (Å²) in [5.74, 6) is -0.867. The van der Waals surface area contributed by atoms with E-state index in [0.29, 0.717) is 22.9 Å². The summed E-state index contributed by atoms with van der Waals surface area (Å²) in [4.78, 5) is 41.3. The van der Waals surface area contributed by atoms with Gasteiger partial charge in [0.25, 0.3) is 11.8 Å². The van der Waals surface area contributed by atoms with Crippen molar-refractivity contribution in [3.05, 3.63) is 46.7 Å². The van der Waals surface area contributed by atoms with Gasteiger partial charge in [-0.1, -0.05) is 37.8 Å². The zero-order valence-electron chi connectivity index (χ0n) is 19.1. The number of benzene rings is 1. The first-order valence-corrected chi connectivity index (χ1v) is 12.0. The van der Waals surface area contributed by atoms with E-state index in [4.69, 9.17) is 11.6 Å². The number of anilines is 1. The molecule has 1 atom stereocenters. The third-order valence-electron chi connectivity index (χ3n) is 6.55. The van der Waals surface area contributed by atoms with Gasteiger partial charge in [-0.05, 0) is 50.5 Å². The molecule has 1 unspecified atom stereocenters. The van der Waals surface area contributed by atoms with E-state index in [1.807, 2.05) is 6.92 Å². The molecule has 0 radical (unpaired) electrons. The Hall–Kier alpha value is -2.87. The van der Waals surface area contributed by atoms with Crippen LogP contribution in [-0.2, 0) is 11.3 Å². The van der Waals surface area contributed by atoms with Crippen molar-refractivity contribution in [1.29, 1.82) is 0 Å². The first-order chi connectivity index (χ1) is 15.8. The number of amides is 3. The van der Waals surface area contributed by atoms with Crippen LogP contribution in [0.2, 0.25) is 5.02 Å². The van der Waals surface area contributed by atoms with Gasteiger partial charge >= 0.3 is 0 Å². The van der Waals surface area contributed by atoms with Crippen LogP contribution in [0.4, 0.5) is 5.69 Å². The molecule has 2 heterocycles. The summed E-state index contributed by atoms with van der Waals surface area (Å²) in [7, 11) is 0. The molecule has 0 saturated heterocycles. The molecule has 33 heavy (non-hydrogen) atoms. The standard InChI is InChI=1S/C24H30ClN5O3/c1-3-4-13-29-22(32)20-14-19(21(31)26-18-11-9-16(25)10-12-18)28-30(20)15-24(29,2)23(33)27-17-7-5-6-8-17/h9-12,14,17H,3-8,13,15H2,1-2H3,(H,26,31)(H,27,33). The van der Waals surface area contributed by atoms with E-state index in [0.717, 1.165) is 38.5 Å². The Labute approximate surface area is 198 Å². The predicted octanol–water partition coefficient (Wildman–Crippen LogP) is 3.86. The lowest BCUT2D eigenvalue weighted by Gasteiger charge is -2.43. The molecule has 1 aromatic carbocycles. The average molecular weight is 472 g/mol. The molecule has 2 aromatic rings. The SMILES string of the molecule is CCCCN1C(=O)c2cc(C(=O)Nc3ccc(Cl)cc3)nn2CC1(C)C(=O)NC1CCCC1. The van der Waals surface area contributed by atoms with Gasteiger partial charge in [-0.15, -0.1) is 0 Å². The van der Waals surface area contributed by atoms with Crippen LogP contribution in [0, 0.1) is 0 Å². The van der Waals surface area contributed by atoms with Crippen molar-refractivity contribution in [2.45, 2.75) is 70.5 Å². The van der Waals surface area contributed by atoms with E-state index in [1.54, 1.807) is 36.1 Å². The zero-order valence-corrected chi connectivity index (χ0v) is 19.8. The van der Waals surface area contributed by atoms with Gasteiger partial charge in [0.05, 0.1) is 6.54 Å². The Morgan fingerprint density at radius 2 is 1.91 bits per heavy atom. The minimum Gasteiger partial charge on any atom is -0.351 e. The third kappa shape index (κ3) is 4.76. The van der Waals surface area contributed by atoms with Crippen LogP contribution in [0.15, 0.2) is 30.3 Å². The van der Waals surface area contributed by atoms with Gasteiger partial charge in [-0.25, -0.2) is 0 Å². The summed E-state index contributed by atoms with van der Waals surface area (Å²) < 4.78 is 1.50. The number of hydrogen-bond donors (Lipinski definition) is 2. The molecule has 1 aromatic heterocycles. The lowest BCUT2D eigenvalue weighted by molar-refractivity contribution is -0.133. The van der Waals surface area contributed by atoms with Gasteiger partial charge in [-0.3, -0.25) is 19.1 Å². The Bertz CT molecular complexity index is 1040. The molecule has 2 N–H and O–H groups in total. The number of halogens is 1. The number of nitrogens with zero attached hydrogens (tertiary/aromatic N) is 3. The molecule has 2 aliphatic rings. The minimum atomic E-state index is -1.07. The lowest BCUT2D eigenvalue weighted by Crippen LogP contribution is -2.65. The highest BCUT2D eigenvalue weighted by Crippen LogP contribution is 2.29. The van der Waals surface area contributed by atoms with E-state index in [1.165, 1.54) is 10.7 Å². The van der Waals surface area contributed by atoms with Crippen LogP contribution in [0.3, 0.4) is 0 Å². The van der Waals surface area contributed by atoms with E-state index in [2.05, 4.69) is 15.7 Å². The minimum absolute atomic E-state index is 0.129. The second kappa shape index (κ2) is 9.55. The molecular weight excluding hydrogens is 442 g/mol. The highest BCUT2D eigenvalue weighted by Gasteiger charge is 2.48. The van der Waals surface area contributed by atoms with Crippen LogP contribution >= 0.6 is 11.6 Å². The summed E-state index contributed by atoms with van der Waals surface area (Å²) in [6.45, 7) is 4.52. The number of fused-ring (bicyclic) bond motifs is 1. The molecule has 1 aliphatic carbocycles. The fourth-order valence-electron chi connectivity index (χ4n) is 4.56. The maximum atomic E-state index is 13.5. The first kappa shape index (κ1) is 23.3. The largest absolute Gasteiger partial charge is 0.351 e. The monoisotopic (exact) mass is 471 g/mol. The van der Waals surface area contributed by atoms with Crippen molar-refractivity contribution < 1.29 is 14.4 Å². The van der Waals surface area contributed by atoms with Gasteiger partial charge in [0, 0.05) is 29.4 Å². The highest BCUT2D eigenvalue weighted by molar-refractivity contribution is 6.30. The van der Waals surface area contributed by atoms with Gasteiger partial charge < -0.3 is 15.5 Å². The summed E-state index contributed by atoms with van der Waals surface area (Å²) >= 11 is 5.90. The molecule has 9 heteroatoms. The molecule has 1 fully saturated rings. The maximum absolute atomic E-state index is 13.5. The van der Waals surface area contributed by atoms with Crippen molar-refractivity contribution >= 4 is 35.0 Å². The van der Waals surface area contributed by atoms with Crippen LogP contribution in [0.5, 0.6) is 0 Å². The van der Waals surface area contributed by atoms with E-state index in [9.17, 15) is 14.4 Å². The number of nitrogens with one attached hydrogen (secondary N) is 2. The second-order valence-corrected chi connectivity index (χ2v) is 9.51. The second-order valence-electron chi connectivity index (χ2n) is 9.07. The molecule has 1 saturated carbocycles. The van der Waals surface area contributed by atoms with Crippen molar-refractivity contribution in [2.24, 2.45) is 0 Å².